The molecule has 0 aliphatic heterocycles. The number of hydrogen-bond acceptors (Lipinski definition) is 4. The first-order chi connectivity index (χ1) is 7.35. The Morgan fingerprint density at radius 1 is 1.47 bits per heavy atom. The Morgan fingerprint density at radius 2 is 2.33 bits per heavy atom. The van der Waals surface area contributed by atoms with Gasteiger partial charge in [0.05, 0.1) is 10.2 Å². The van der Waals surface area contributed by atoms with Crippen molar-refractivity contribution in [3.05, 3.63) is 23.8 Å². The predicted molar refractivity (Wildman–Crippen MR) is 68.3 cm³/mol. The summed E-state index contributed by atoms with van der Waals surface area (Å²) in [6.07, 6.45) is 3.56. The number of aryl methyl sites for hydroxylation is 1. The van der Waals surface area contributed by atoms with Crippen molar-refractivity contribution in [1.29, 1.82) is 0 Å². The molecule has 0 amide bonds. The van der Waals surface area contributed by atoms with E-state index in [0.29, 0.717) is 0 Å². The van der Waals surface area contributed by atoms with Crippen molar-refractivity contribution in [1.82, 2.24) is 4.98 Å². The number of benzene rings is 1. The first kappa shape index (κ1) is 10.9. The number of rotatable bonds is 4. The number of nitrogens with zero attached hydrogens (tertiary/aromatic N) is 1. The minimum Gasteiger partial charge on any atom is -0.272 e. The van der Waals surface area contributed by atoms with Crippen LogP contribution >= 0.6 is 23.3 Å². The number of thiazole rings is 1. The fourth-order valence-corrected chi connectivity index (χ4v) is 2.96. The van der Waals surface area contributed by atoms with Crippen LogP contribution in [0.1, 0.15) is 25.3 Å². The lowest BCUT2D eigenvalue weighted by Crippen LogP contribution is -1.86. The normalized spacial score (nSPS) is 11.1. The minimum absolute atomic E-state index is 0.953. The van der Waals surface area contributed by atoms with E-state index in [9.17, 15) is 0 Å². The fourth-order valence-electron chi connectivity index (χ4n) is 1.60. The molecule has 0 radical (unpaired) electrons. The lowest BCUT2D eigenvalue weighted by molar-refractivity contribution is 0.798. The van der Waals surface area contributed by atoms with Gasteiger partial charge in [-0.05, 0) is 36.4 Å². The Kier molecular flexibility index (Phi) is 3.61. The Bertz CT molecular complexity index is 451. The molecule has 0 aliphatic rings. The topological polar surface area (TPSA) is 38.9 Å². The van der Waals surface area contributed by atoms with Gasteiger partial charge < -0.3 is 0 Å². The van der Waals surface area contributed by atoms with Crippen LogP contribution in [0.4, 0.5) is 0 Å². The Balaban J connectivity index is 2.40. The minimum atomic E-state index is 0.953. The lowest BCUT2D eigenvalue weighted by Gasteiger charge is -1.99. The van der Waals surface area contributed by atoms with Crippen molar-refractivity contribution in [2.75, 3.05) is 0 Å². The van der Waals surface area contributed by atoms with Crippen LogP contribution in [0, 0.1) is 0 Å². The number of fused-ring (bicyclic) bond motifs is 1. The van der Waals surface area contributed by atoms with Crippen LogP contribution in [0.5, 0.6) is 0 Å². The largest absolute Gasteiger partial charge is 0.272 e. The molecule has 2 N–H and O–H groups in total. The third kappa shape index (κ3) is 2.33. The molecule has 0 saturated heterocycles. The number of unbranched alkanes of at least 4 members (excludes halogenated alkanes) is 1. The molecule has 1 aromatic carbocycles. The zero-order valence-corrected chi connectivity index (χ0v) is 10.3. The highest BCUT2D eigenvalue weighted by Crippen LogP contribution is 2.29. The van der Waals surface area contributed by atoms with Gasteiger partial charge in [0.25, 0.3) is 0 Å². The molecule has 0 bridgehead atoms. The second kappa shape index (κ2) is 4.96. The van der Waals surface area contributed by atoms with Crippen molar-refractivity contribution in [2.45, 2.75) is 30.5 Å². The zero-order valence-electron chi connectivity index (χ0n) is 8.69. The smallest absolute Gasteiger partial charge is 0.165 e. The molecule has 0 saturated carbocycles. The molecule has 4 heteroatoms. The predicted octanol–water partition coefficient (Wildman–Crippen LogP) is 3.60. The molecule has 0 spiro atoms. The number of hydrogen-bond donors (Lipinski definition) is 1. The molecule has 2 nitrogen and oxygen atoms in total. The van der Waals surface area contributed by atoms with Crippen LogP contribution in [0.15, 0.2) is 22.5 Å². The highest BCUT2D eigenvalue weighted by molar-refractivity contribution is 7.99. The maximum atomic E-state index is 5.53. The van der Waals surface area contributed by atoms with E-state index < -0.39 is 0 Å². The van der Waals surface area contributed by atoms with Crippen LogP contribution in [0.3, 0.4) is 0 Å². The van der Waals surface area contributed by atoms with Crippen molar-refractivity contribution in [3.63, 3.8) is 0 Å². The molecule has 0 atom stereocenters. The monoisotopic (exact) mass is 238 g/mol. The maximum absolute atomic E-state index is 5.53. The average Bonchev–Trinajstić information content (AvgIpc) is 2.69. The summed E-state index contributed by atoms with van der Waals surface area (Å²) in [5, 5.41) is 5.53. The molecule has 2 aromatic rings. The molecular formula is C11H14N2S2. The Labute approximate surface area is 98.0 Å². The van der Waals surface area contributed by atoms with Gasteiger partial charge in [0, 0.05) is 0 Å². The van der Waals surface area contributed by atoms with Gasteiger partial charge in [-0.15, -0.1) is 11.3 Å². The van der Waals surface area contributed by atoms with Crippen molar-refractivity contribution < 1.29 is 0 Å². The van der Waals surface area contributed by atoms with E-state index in [-0.39, 0.29) is 0 Å². The van der Waals surface area contributed by atoms with Gasteiger partial charge in [0.2, 0.25) is 0 Å². The summed E-state index contributed by atoms with van der Waals surface area (Å²) < 4.78 is 2.20. The van der Waals surface area contributed by atoms with E-state index in [0.717, 1.165) is 16.3 Å². The first-order valence-corrected chi connectivity index (χ1v) is 6.80. The van der Waals surface area contributed by atoms with Crippen molar-refractivity contribution >= 4 is 33.5 Å². The molecular weight excluding hydrogens is 224 g/mol. The van der Waals surface area contributed by atoms with Crippen LogP contribution in [0.25, 0.3) is 10.2 Å². The van der Waals surface area contributed by atoms with E-state index in [2.05, 4.69) is 30.1 Å². The van der Waals surface area contributed by atoms with Gasteiger partial charge in [-0.3, -0.25) is 5.14 Å². The highest BCUT2D eigenvalue weighted by atomic mass is 32.2. The summed E-state index contributed by atoms with van der Waals surface area (Å²) in [6.45, 7) is 2.21. The molecule has 0 fully saturated rings. The molecule has 2 rings (SSSR count). The van der Waals surface area contributed by atoms with Crippen molar-refractivity contribution in [3.8, 4) is 0 Å². The van der Waals surface area contributed by atoms with Gasteiger partial charge >= 0.3 is 0 Å². The highest BCUT2D eigenvalue weighted by Gasteiger charge is 2.06. The lowest BCUT2D eigenvalue weighted by atomic mass is 10.1. The van der Waals surface area contributed by atoms with E-state index >= 15 is 0 Å². The number of aromatic nitrogens is 1. The Hall–Kier alpha value is -0.580. The van der Waals surface area contributed by atoms with Gasteiger partial charge in [-0.1, -0.05) is 25.5 Å². The third-order valence-electron chi connectivity index (χ3n) is 2.38. The van der Waals surface area contributed by atoms with Gasteiger partial charge in [-0.2, -0.15) is 0 Å². The quantitative estimate of drug-likeness (QED) is 0.827. The molecule has 15 heavy (non-hydrogen) atoms. The van der Waals surface area contributed by atoms with E-state index in [1.54, 1.807) is 11.3 Å². The third-order valence-corrected chi connectivity index (χ3v) is 4.03. The average molecular weight is 238 g/mol. The van der Waals surface area contributed by atoms with Crippen LogP contribution in [-0.2, 0) is 6.42 Å². The van der Waals surface area contributed by atoms with Gasteiger partial charge in [0.15, 0.2) is 4.34 Å². The molecule has 1 aromatic heterocycles. The summed E-state index contributed by atoms with van der Waals surface area (Å²) in [4.78, 5) is 4.54. The van der Waals surface area contributed by atoms with Crippen LogP contribution in [-0.4, -0.2) is 4.98 Å². The molecule has 80 valence electrons. The Morgan fingerprint density at radius 3 is 3.07 bits per heavy atom. The summed E-state index contributed by atoms with van der Waals surface area (Å²) in [7, 11) is 0. The first-order valence-electron chi connectivity index (χ1n) is 5.10. The molecule has 0 unspecified atom stereocenters. The number of para-hydroxylation sites is 1. The van der Waals surface area contributed by atoms with E-state index in [1.807, 2.05) is 0 Å². The molecule has 1 heterocycles. The summed E-state index contributed by atoms with van der Waals surface area (Å²) in [6, 6.07) is 6.39. The van der Waals surface area contributed by atoms with E-state index in [4.69, 9.17) is 5.14 Å². The summed E-state index contributed by atoms with van der Waals surface area (Å²) in [5.74, 6) is 0. The standard InChI is InChI=1S/C11H14N2S2/c1-2-3-5-8-6-4-7-9-10(8)13-11(14-9)15-12/h4,6-7H,2-3,5,12H2,1H3. The van der Waals surface area contributed by atoms with E-state index in [1.165, 1.54) is 35.1 Å². The van der Waals surface area contributed by atoms with Crippen LogP contribution < -0.4 is 5.14 Å². The molecule has 0 aliphatic carbocycles. The van der Waals surface area contributed by atoms with Gasteiger partial charge in [-0.25, -0.2) is 4.98 Å². The second-order valence-corrected chi connectivity index (χ2v) is 5.38. The second-order valence-electron chi connectivity index (χ2n) is 3.47. The summed E-state index contributed by atoms with van der Waals surface area (Å²) in [5.41, 5.74) is 2.50. The van der Waals surface area contributed by atoms with Gasteiger partial charge in [0.1, 0.15) is 0 Å². The SMILES string of the molecule is CCCCc1cccc2sc(SN)nc12. The zero-order chi connectivity index (χ0) is 10.7. The number of nitrogens with two attached hydrogens (primary N) is 1. The van der Waals surface area contributed by atoms with Crippen molar-refractivity contribution in [2.24, 2.45) is 5.14 Å². The van der Waals surface area contributed by atoms with Crippen LogP contribution in [0.2, 0.25) is 0 Å². The maximum Gasteiger partial charge on any atom is 0.165 e. The fraction of sp³-hybridized carbons (Fsp3) is 0.364. The summed E-state index contributed by atoms with van der Waals surface area (Å²) >= 11 is 2.91.